The molecule has 5 nitrogen and oxygen atoms in total. The molecule has 0 aliphatic carbocycles. The molecular formula is C3H9ClNO4P. The van der Waals surface area contributed by atoms with Crippen molar-refractivity contribution < 1.29 is 19.5 Å². The first-order chi connectivity index (χ1) is 4.11. The summed E-state index contributed by atoms with van der Waals surface area (Å²) in [4.78, 5) is 36.6. The topological polar surface area (TPSA) is 81.0 Å². The van der Waals surface area contributed by atoms with Crippen molar-refractivity contribution >= 4 is 25.1 Å². The van der Waals surface area contributed by atoms with Crippen LogP contribution in [0.2, 0.25) is 0 Å². The van der Waals surface area contributed by atoms with Gasteiger partial charge in [-0.05, 0) is 0 Å². The van der Waals surface area contributed by atoms with Gasteiger partial charge in [0, 0.05) is 0 Å². The van der Waals surface area contributed by atoms with Crippen LogP contribution in [0.3, 0.4) is 0 Å². The van der Waals surface area contributed by atoms with Gasteiger partial charge in [-0.15, -0.1) is 0 Å². The summed E-state index contributed by atoms with van der Waals surface area (Å²) in [5, 5.41) is 0. The summed E-state index contributed by atoms with van der Waals surface area (Å²) in [5.41, 5.74) is 0. The molecule has 0 atom stereocenters. The van der Waals surface area contributed by atoms with Crippen molar-refractivity contribution in [3.63, 3.8) is 0 Å². The molecule has 3 N–H and O–H groups in total. The fraction of sp³-hybridized carbons (Fsp3) is 0.667. The molecule has 1 amide bonds. The molecule has 0 aromatic heterocycles. The Morgan fingerprint density at radius 3 is 1.80 bits per heavy atom. The van der Waals surface area contributed by atoms with E-state index in [0.29, 0.717) is 6.66 Å². The Balaban J connectivity index is 4.51. The zero-order valence-electron chi connectivity index (χ0n) is 5.52. The number of hydrogen-bond donors (Lipinski definition) is 3. The van der Waals surface area contributed by atoms with Gasteiger partial charge >= 0.3 is 62.4 Å². The Morgan fingerprint density at radius 1 is 1.50 bits per heavy atom. The maximum atomic E-state index is 10.3. The molecule has 0 spiro atoms. The van der Waals surface area contributed by atoms with Gasteiger partial charge in [-0.3, -0.25) is 0 Å². The molecule has 0 bridgehead atoms. The Bertz CT molecular complexity index is 154. The predicted octanol–water partition coefficient (Wildman–Crippen LogP) is -0.191. The van der Waals surface area contributed by atoms with Crippen LogP contribution in [0.25, 0.3) is 0 Å². The third-order valence-corrected chi connectivity index (χ3v) is 3.08. The van der Waals surface area contributed by atoms with Crippen LogP contribution in [-0.2, 0) is 4.79 Å². The van der Waals surface area contributed by atoms with Crippen molar-refractivity contribution in [3.05, 3.63) is 0 Å². The molecule has 62 valence electrons. The van der Waals surface area contributed by atoms with E-state index < -0.39 is 13.3 Å². The van der Waals surface area contributed by atoms with E-state index in [9.17, 15) is 4.79 Å². The van der Waals surface area contributed by atoms with Crippen LogP contribution < -0.4 is 0 Å². The molecule has 7 heteroatoms. The maximum absolute atomic E-state index is 10.3. The average Bonchev–Trinajstić information content (AvgIpc) is 1.59. The van der Waals surface area contributed by atoms with Crippen LogP contribution in [0.15, 0.2) is 0 Å². The van der Waals surface area contributed by atoms with Gasteiger partial charge in [0.05, 0.1) is 0 Å². The zero-order valence-corrected chi connectivity index (χ0v) is 7.17. The second-order valence-corrected chi connectivity index (χ2v) is 5.76. The molecule has 0 radical (unpaired) electrons. The average molecular weight is 190 g/mol. The van der Waals surface area contributed by atoms with Gasteiger partial charge in [-0.2, -0.15) is 0 Å². The first kappa shape index (κ1) is 10.1. The van der Waals surface area contributed by atoms with Gasteiger partial charge in [0.2, 0.25) is 0 Å². The summed E-state index contributed by atoms with van der Waals surface area (Å²) in [6.07, 6.45) is 0. The molecule has 0 saturated carbocycles. The number of carbonyl (C=O) groups is 1. The SMILES string of the molecule is CC(=O)N(Cl)P(C)(O)(O)O. The summed E-state index contributed by atoms with van der Waals surface area (Å²) in [6.45, 7) is 1.70. The van der Waals surface area contributed by atoms with Crippen LogP contribution in [0.1, 0.15) is 6.92 Å². The molecule has 0 aromatic carbocycles. The Kier molecular flexibility index (Phi) is 2.30. The van der Waals surface area contributed by atoms with E-state index in [1.165, 1.54) is 0 Å². The minimum atomic E-state index is -5.03. The Labute approximate surface area is 63.2 Å². The van der Waals surface area contributed by atoms with Crippen molar-refractivity contribution in [2.75, 3.05) is 6.66 Å². The van der Waals surface area contributed by atoms with Crippen LogP contribution in [0.4, 0.5) is 0 Å². The Morgan fingerprint density at radius 2 is 1.80 bits per heavy atom. The van der Waals surface area contributed by atoms with E-state index in [-0.39, 0.29) is 4.19 Å². The number of carbonyl (C=O) groups excluding carboxylic acids is 1. The van der Waals surface area contributed by atoms with Crippen LogP contribution in [0.5, 0.6) is 0 Å². The molecule has 0 rings (SSSR count). The zero-order chi connectivity index (χ0) is 8.60. The molecule has 0 heterocycles. The van der Waals surface area contributed by atoms with Gasteiger partial charge in [-0.25, -0.2) is 0 Å². The molecule has 0 aliphatic heterocycles. The van der Waals surface area contributed by atoms with E-state index in [2.05, 4.69) is 0 Å². The summed E-state index contributed by atoms with van der Waals surface area (Å²) >= 11 is 5.02. The molecule has 0 unspecified atom stereocenters. The summed E-state index contributed by atoms with van der Waals surface area (Å²) in [7, 11) is -5.03. The van der Waals surface area contributed by atoms with E-state index in [1.54, 1.807) is 0 Å². The van der Waals surface area contributed by atoms with Crippen molar-refractivity contribution in [2.45, 2.75) is 6.92 Å². The molecule has 0 aliphatic rings. The fourth-order valence-corrected chi connectivity index (χ4v) is 0.989. The number of amides is 1. The Hall–Kier alpha value is 0.0700. The second kappa shape index (κ2) is 2.29. The van der Waals surface area contributed by atoms with E-state index >= 15 is 0 Å². The first-order valence-corrected chi connectivity index (χ1v) is 5.18. The standard InChI is InChI=1S/C3H9ClNO4P/c1-3(6)5(4)10(2,7,8)9/h7-9H,1-2H3. The van der Waals surface area contributed by atoms with Gasteiger partial charge in [0.1, 0.15) is 0 Å². The second-order valence-electron chi connectivity index (χ2n) is 2.12. The van der Waals surface area contributed by atoms with Crippen molar-refractivity contribution in [3.8, 4) is 0 Å². The molecule has 0 saturated heterocycles. The van der Waals surface area contributed by atoms with Gasteiger partial charge < -0.3 is 0 Å². The number of nitrogens with zero attached hydrogens (tertiary/aromatic N) is 1. The van der Waals surface area contributed by atoms with E-state index in [0.717, 1.165) is 6.92 Å². The quantitative estimate of drug-likeness (QED) is 0.395. The molecule has 10 heavy (non-hydrogen) atoms. The predicted molar refractivity (Wildman–Crippen MR) is 37.9 cm³/mol. The van der Waals surface area contributed by atoms with Crippen molar-refractivity contribution in [1.29, 1.82) is 0 Å². The van der Waals surface area contributed by atoms with Crippen LogP contribution in [0, 0.1) is 0 Å². The number of halogens is 1. The third kappa shape index (κ3) is 2.77. The van der Waals surface area contributed by atoms with Gasteiger partial charge in [0.15, 0.2) is 0 Å². The molecule has 0 fully saturated rings. The number of hydrogen-bond acceptors (Lipinski definition) is 4. The third-order valence-electron chi connectivity index (χ3n) is 0.671. The van der Waals surface area contributed by atoms with Gasteiger partial charge in [0.25, 0.3) is 0 Å². The van der Waals surface area contributed by atoms with Crippen LogP contribution in [-0.4, -0.2) is 31.4 Å². The van der Waals surface area contributed by atoms with E-state index in [1.807, 2.05) is 0 Å². The van der Waals surface area contributed by atoms with Crippen LogP contribution >= 0.6 is 19.2 Å². The fourth-order valence-electron chi connectivity index (χ4n) is 0.330. The molecular weight excluding hydrogens is 180 g/mol. The van der Waals surface area contributed by atoms with Crippen molar-refractivity contribution in [2.24, 2.45) is 0 Å². The normalized spacial score (nSPS) is 15.6. The summed E-state index contributed by atoms with van der Waals surface area (Å²) in [6, 6.07) is 0. The summed E-state index contributed by atoms with van der Waals surface area (Å²) in [5.74, 6) is -0.825. The van der Waals surface area contributed by atoms with E-state index in [4.69, 9.17) is 26.5 Å². The first-order valence-electron chi connectivity index (χ1n) is 2.34. The monoisotopic (exact) mass is 189 g/mol. The van der Waals surface area contributed by atoms with Gasteiger partial charge in [-0.1, -0.05) is 0 Å². The molecule has 0 aromatic rings. The number of rotatable bonds is 1. The minimum absolute atomic E-state index is 0.00556. The summed E-state index contributed by atoms with van der Waals surface area (Å²) < 4.78 is 0.00556. The van der Waals surface area contributed by atoms with Crippen molar-refractivity contribution in [1.82, 2.24) is 4.19 Å².